The van der Waals surface area contributed by atoms with Crippen molar-refractivity contribution in [3.8, 4) is 23.1 Å². The molecule has 3 aromatic carbocycles. The Balaban J connectivity index is 1.44. The molecular formula is C26H17N3O4S. The Morgan fingerprint density at radius 3 is 2.41 bits per heavy atom. The van der Waals surface area contributed by atoms with E-state index in [0.29, 0.717) is 27.6 Å². The maximum atomic E-state index is 12.2. The van der Waals surface area contributed by atoms with E-state index in [-0.39, 0.29) is 18.1 Å². The van der Waals surface area contributed by atoms with Crippen molar-refractivity contribution >= 4 is 34.5 Å². The Labute approximate surface area is 199 Å². The molecule has 0 saturated carbocycles. The number of allylic oxidation sites excluding steroid dienone is 1. The molecule has 4 rings (SSSR count). The number of carbonyl (C=O) groups is 1. The van der Waals surface area contributed by atoms with Gasteiger partial charge in [0.15, 0.2) is 12.4 Å². The first-order valence-corrected chi connectivity index (χ1v) is 11.0. The predicted molar refractivity (Wildman–Crippen MR) is 130 cm³/mol. The van der Waals surface area contributed by atoms with Crippen LogP contribution < -0.4 is 4.74 Å². The Hall–Kier alpha value is -4.61. The third-order valence-electron chi connectivity index (χ3n) is 4.89. The lowest BCUT2D eigenvalue weighted by atomic mass is 10.1. The number of nitro benzene ring substituents is 1. The molecule has 1 heterocycles. The number of hydrogen-bond donors (Lipinski definition) is 0. The summed E-state index contributed by atoms with van der Waals surface area (Å²) in [6.07, 6.45) is 1.72. The van der Waals surface area contributed by atoms with Crippen LogP contribution in [-0.2, 0) is 0 Å². The smallest absolute Gasteiger partial charge is 0.269 e. The fraction of sp³-hybridized carbons (Fsp3) is 0.0385. The Bertz CT molecular complexity index is 1390. The Morgan fingerprint density at radius 1 is 1.06 bits per heavy atom. The van der Waals surface area contributed by atoms with E-state index in [1.807, 2.05) is 11.4 Å². The molecular weight excluding hydrogens is 450 g/mol. The quantitative estimate of drug-likeness (QED) is 0.135. The van der Waals surface area contributed by atoms with Gasteiger partial charge < -0.3 is 4.74 Å². The first kappa shape index (κ1) is 22.6. The van der Waals surface area contributed by atoms with Gasteiger partial charge in [0.1, 0.15) is 16.8 Å². The van der Waals surface area contributed by atoms with Crippen molar-refractivity contribution in [2.75, 3.05) is 6.61 Å². The molecule has 0 bridgehead atoms. The summed E-state index contributed by atoms with van der Waals surface area (Å²) in [7, 11) is 0. The van der Waals surface area contributed by atoms with Crippen LogP contribution in [0.1, 0.15) is 20.9 Å². The number of ether oxygens (including phenoxy) is 1. The topological polar surface area (TPSA) is 106 Å². The van der Waals surface area contributed by atoms with Gasteiger partial charge in [-0.1, -0.05) is 42.5 Å². The van der Waals surface area contributed by atoms with Gasteiger partial charge in [0.2, 0.25) is 0 Å². The van der Waals surface area contributed by atoms with Gasteiger partial charge in [-0.3, -0.25) is 14.9 Å². The highest BCUT2D eigenvalue weighted by atomic mass is 32.1. The van der Waals surface area contributed by atoms with Gasteiger partial charge >= 0.3 is 0 Å². The molecule has 0 aliphatic heterocycles. The van der Waals surface area contributed by atoms with Crippen LogP contribution in [0, 0.1) is 21.4 Å². The molecule has 0 unspecified atom stereocenters. The lowest BCUT2D eigenvalue weighted by Gasteiger charge is -2.06. The number of aromatic nitrogens is 1. The minimum atomic E-state index is -0.454. The average molecular weight is 468 g/mol. The summed E-state index contributed by atoms with van der Waals surface area (Å²) >= 11 is 1.32. The molecule has 0 fully saturated rings. The molecule has 34 heavy (non-hydrogen) atoms. The zero-order chi connectivity index (χ0) is 23.9. The number of nitro groups is 1. The van der Waals surface area contributed by atoms with Gasteiger partial charge in [-0.2, -0.15) is 5.26 Å². The van der Waals surface area contributed by atoms with E-state index < -0.39 is 4.92 Å². The number of hydrogen-bond acceptors (Lipinski definition) is 7. The normalized spacial score (nSPS) is 11.0. The fourth-order valence-corrected chi connectivity index (χ4v) is 3.90. The second-order valence-electron chi connectivity index (χ2n) is 7.16. The van der Waals surface area contributed by atoms with Crippen LogP contribution >= 0.6 is 11.3 Å². The number of nitriles is 1. The van der Waals surface area contributed by atoms with Crippen LogP contribution in [0.5, 0.6) is 5.75 Å². The number of benzene rings is 3. The van der Waals surface area contributed by atoms with E-state index in [4.69, 9.17) is 4.74 Å². The molecule has 0 spiro atoms. The molecule has 0 N–H and O–H groups in total. The summed E-state index contributed by atoms with van der Waals surface area (Å²) in [5.74, 6) is 0.443. The van der Waals surface area contributed by atoms with E-state index in [1.165, 1.54) is 23.5 Å². The molecule has 0 saturated heterocycles. The van der Waals surface area contributed by atoms with Gasteiger partial charge in [-0.15, -0.1) is 11.3 Å². The lowest BCUT2D eigenvalue weighted by molar-refractivity contribution is -0.384. The van der Waals surface area contributed by atoms with Crippen LogP contribution in [0.15, 0.2) is 84.2 Å². The van der Waals surface area contributed by atoms with E-state index >= 15 is 0 Å². The second-order valence-corrected chi connectivity index (χ2v) is 8.02. The Kier molecular flexibility index (Phi) is 6.87. The number of nitrogens with zero attached hydrogens (tertiary/aromatic N) is 3. The van der Waals surface area contributed by atoms with Crippen LogP contribution in [0.3, 0.4) is 0 Å². The molecule has 4 aromatic rings. The molecule has 0 radical (unpaired) electrons. The van der Waals surface area contributed by atoms with Crippen molar-refractivity contribution in [3.63, 3.8) is 0 Å². The largest absolute Gasteiger partial charge is 0.485 e. The molecule has 166 valence electrons. The number of non-ortho nitro benzene ring substituents is 1. The first-order valence-electron chi connectivity index (χ1n) is 10.2. The predicted octanol–water partition coefficient (Wildman–Crippen LogP) is 6.04. The second kappa shape index (κ2) is 10.3. The molecule has 0 aliphatic carbocycles. The molecule has 0 aliphatic rings. The van der Waals surface area contributed by atoms with Crippen molar-refractivity contribution in [3.05, 3.63) is 110 Å². The van der Waals surface area contributed by atoms with E-state index in [1.54, 1.807) is 66.7 Å². The van der Waals surface area contributed by atoms with Gasteiger partial charge in [0, 0.05) is 28.6 Å². The van der Waals surface area contributed by atoms with Gasteiger partial charge in [-0.05, 0) is 35.9 Å². The highest BCUT2D eigenvalue weighted by Crippen LogP contribution is 2.28. The van der Waals surface area contributed by atoms with Crippen molar-refractivity contribution in [2.45, 2.75) is 0 Å². The SMILES string of the molecule is N#CC(=Cc1ccc(OCC(=O)c2ccccc2)cc1)c1nc(-c2ccc([N+](=O)[O-])cc2)cs1. The van der Waals surface area contributed by atoms with E-state index in [2.05, 4.69) is 11.1 Å². The monoisotopic (exact) mass is 467 g/mol. The Morgan fingerprint density at radius 2 is 1.76 bits per heavy atom. The molecule has 1 aromatic heterocycles. The number of ketones is 1. The number of thiazole rings is 1. The van der Waals surface area contributed by atoms with Gasteiger partial charge in [0.25, 0.3) is 5.69 Å². The van der Waals surface area contributed by atoms with E-state index in [0.717, 1.165) is 11.1 Å². The minimum Gasteiger partial charge on any atom is -0.485 e. The summed E-state index contributed by atoms with van der Waals surface area (Å²) in [4.78, 5) is 27.1. The maximum absolute atomic E-state index is 12.2. The summed E-state index contributed by atoms with van der Waals surface area (Å²) in [5, 5.41) is 22.8. The first-order chi connectivity index (χ1) is 16.5. The summed E-state index contributed by atoms with van der Waals surface area (Å²) in [5.41, 5.74) is 3.15. The van der Waals surface area contributed by atoms with Crippen LogP contribution in [0.4, 0.5) is 5.69 Å². The zero-order valence-corrected chi connectivity index (χ0v) is 18.6. The average Bonchev–Trinajstić information content (AvgIpc) is 3.37. The molecule has 0 atom stereocenters. The maximum Gasteiger partial charge on any atom is 0.269 e. The molecule has 8 heteroatoms. The van der Waals surface area contributed by atoms with Crippen LogP contribution in [0.2, 0.25) is 0 Å². The van der Waals surface area contributed by atoms with Crippen LogP contribution in [0.25, 0.3) is 22.9 Å². The third-order valence-corrected chi connectivity index (χ3v) is 5.76. The fourth-order valence-electron chi connectivity index (χ4n) is 3.11. The van der Waals surface area contributed by atoms with Crippen molar-refractivity contribution < 1.29 is 14.5 Å². The highest BCUT2D eigenvalue weighted by Gasteiger charge is 2.11. The molecule has 0 amide bonds. The molecule has 7 nitrogen and oxygen atoms in total. The van der Waals surface area contributed by atoms with E-state index in [9.17, 15) is 20.2 Å². The summed E-state index contributed by atoms with van der Waals surface area (Å²) in [6.45, 7) is -0.0623. The number of Topliss-reactive ketones (excluding diaryl/α,β-unsaturated/α-hetero) is 1. The third kappa shape index (κ3) is 5.41. The van der Waals surface area contributed by atoms with Crippen molar-refractivity contribution in [1.82, 2.24) is 4.98 Å². The van der Waals surface area contributed by atoms with Crippen LogP contribution in [-0.4, -0.2) is 22.3 Å². The van der Waals surface area contributed by atoms with Gasteiger partial charge in [0.05, 0.1) is 16.2 Å². The van der Waals surface area contributed by atoms with Crippen molar-refractivity contribution in [1.29, 1.82) is 5.26 Å². The zero-order valence-electron chi connectivity index (χ0n) is 17.8. The lowest BCUT2D eigenvalue weighted by Crippen LogP contribution is -2.11. The van der Waals surface area contributed by atoms with Gasteiger partial charge in [-0.25, -0.2) is 4.98 Å². The number of carbonyl (C=O) groups excluding carboxylic acids is 1. The standard InChI is InChI=1S/C26H17N3O4S/c27-15-21(26-28-24(17-34-26)19-8-10-22(11-9-19)29(31)32)14-18-6-12-23(13-7-18)33-16-25(30)20-4-2-1-3-5-20/h1-14,17H,16H2. The minimum absolute atomic E-state index is 0.00803. The number of rotatable bonds is 8. The highest BCUT2D eigenvalue weighted by molar-refractivity contribution is 7.11. The van der Waals surface area contributed by atoms with Crippen molar-refractivity contribution in [2.24, 2.45) is 0 Å². The summed E-state index contributed by atoms with van der Waals surface area (Å²) in [6, 6.07) is 24.3. The summed E-state index contributed by atoms with van der Waals surface area (Å²) < 4.78 is 5.58.